The number of ketones is 1. The van der Waals surface area contributed by atoms with Gasteiger partial charge < -0.3 is 4.74 Å². The number of para-hydroxylation sites is 1. The van der Waals surface area contributed by atoms with Crippen LogP contribution in [0.1, 0.15) is 41.6 Å². The molecule has 2 heteroatoms. The van der Waals surface area contributed by atoms with E-state index in [4.69, 9.17) is 4.74 Å². The maximum absolute atomic E-state index is 12.3. The van der Waals surface area contributed by atoms with Gasteiger partial charge in [0, 0.05) is 12.0 Å². The Hall–Kier alpha value is -2.09. The van der Waals surface area contributed by atoms with Gasteiger partial charge in [-0.3, -0.25) is 4.79 Å². The molecule has 0 spiro atoms. The predicted octanol–water partition coefficient (Wildman–Crippen LogP) is 4.46. The molecule has 0 unspecified atom stereocenters. The normalized spacial score (nSPS) is 11.9. The lowest BCUT2D eigenvalue weighted by atomic mass is 9.89. The predicted molar refractivity (Wildman–Crippen MR) is 81.4 cm³/mol. The molecule has 0 saturated heterocycles. The summed E-state index contributed by atoms with van der Waals surface area (Å²) < 4.78 is 5.40. The Morgan fingerprint density at radius 1 is 1.05 bits per heavy atom. The second-order valence-corrected chi connectivity index (χ2v) is 4.84. The van der Waals surface area contributed by atoms with Crippen LogP contribution < -0.4 is 4.74 Å². The summed E-state index contributed by atoms with van der Waals surface area (Å²) >= 11 is 0. The van der Waals surface area contributed by atoms with E-state index >= 15 is 0 Å². The number of hydrogen-bond donors (Lipinski definition) is 0. The molecule has 0 N–H and O–H groups in total. The van der Waals surface area contributed by atoms with Crippen LogP contribution in [0.15, 0.2) is 54.6 Å². The zero-order valence-corrected chi connectivity index (χ0v) is 12.0. The number of carbonyl (C=O) groups excluding carboxylic acids is 1. The van der Waals surface area contributed by atoms with Gasteiger partial charge in [-0.05, 0) is 24.0 Å². The monoisotopic (exact) mass is 268 g/mol. The molecule has 2 nitrogen and oxygen atoms in total. The van der Waals surface area contributed by atoms with Gasteiger partial charge in [0.2, 0.25) is 0 Å². The Labute approximate surface area is 120 Å². The van der Waals surface area contributed by atoms with Crippen molar-refractivity contribution in [1.29, 1.82) is 0 Å². The smallest absolute Gasteiger partial charge is 0.163 e. The molecule has 0 heterocycles. The zero-order valence-electron chi connectivity index (χ0n) is 12.0. The van der Waals surface area contributed by atoms with Gasteiger partial charge in [-0.25, -0.2) is 0 Å². The van der Waals surface area contributed by atoms with Gasteiger partial charge in [-0.15, -0.1) is 0 Å². The maximum atomic E-state index is 12.3. The molecule has 2 rings (SSSR count). The Morgan fingerprint density at radius 2 is 1.70 bits per heavy atom. The third-order valence-electron chi connectivity index (χ3n) is 3.60. The molecule has 0 aliphatic rings. The van der Waals surface area contributed by atoms with Gasteiger partial charge in [0.15, 0.2) is 5.78 Å². The van der Waals surface area contributed by atoms with Crippen LogP contribution in [0, 0.1) is 0 Å². The third kappa shape index (κ3) is 3.27. The SMILES string of the molecule is CC[C@@H](CC(=O)c1ccccc1)c1ccccc1OC. The zero-order chi connectivity index (χ0) is 14.4. The lowest BCUT2D eigenvalue weighted by Crippen LogP contribution is -2.08. The van der Waals surface area contributed by atoms with Crippen molar-refractivity contribution in [3.8, 4) is 5.75 Å². The van der Waals surface area contributed by atoms with Crippen LogP contribution in [0.4, 0.5) is 0 Å². The summed E-state index contributed by atoms with van der Waals surface area (Å²) in [7, 11) is 1.67. The van der Waals surface area contributed by atoms with Crippen LogP contribution in [-0.2, 0) is 0 Å². The molecule has 2 aromatic carbocycles. The number of Topliss-reactive ketones (excluding diaryl/α,β-unsaturated/α-hetero) is 1. The van der Waals surface area contributed by atoms with Gasteiger partial charge in [0.05, 0.1) is 7.11 Å². The number of rotatable bonds is 6. The highest BCUT2D eigenvalue weighted by molar-refractivity contribution is 5.96. The molecule has 1 atom stereocenters. The average molecular weight is 268 g/mol. The molecule has 20 heavy (non-hydrogen) atoms. The second-order valence-electron chi connectivity index (χ2n) is 4.84. The van der Waals surface area contributed by atoms with Gasteiger partial charge in [0.25, 0.3) is 0 Å². The van der Waals surface area contributed by atoms with Crippen molar-refractivity contribution < 1.29 is 9.53 Å². The van der Waals surface area contributed by atoms with Crippen molar-refractivity contribution in [3.63, 3.8) is 0 Å². The van der Waals surface area contributed by atoms with Crippen LogP contribution >= 0.6 is 0 Å². The van der Waals surface area contributed by atoms with E-state index < -0.39 is 0 Å². The summed E-state index contributed by atoms with van der Waals surface area (Å²) in [5.74, 6) is 1.24. The van der Waals surface area contributed by atoms with Crippen LogP contribution in [0.25, 0.3) is 0 Å². The van der Waals surface area contributed by atoms with Crippen molar-refractivity contribution in [3.05, 3.63) is 65.7 Å². The average Bonchev–Trinajstić information content (AvgIpc) is 2.53. The Balaban J connectivity index is 2.19. The van der Waals surface area contributed by atoms with E-state index in [1.165, 1.54) is 0 Å². The molecule has 0 fully saturated rings. The molecule has 0 radical (unpaired) electrons. The molecule has 0 aliphatic carbocycles. The number of hydrogen-bond acceptors (Lipinski definition) is 2. The molecule has 0 bridgehead atoms. The number of benzene rings is 2. The van der Waals surface area contributed by atoms with Crippen molar-refractivity contribution >= 4 is 5.78 Å². The van der Waals surface area contributed by atoms with Crippen molar-refractivity contribution in [2.45, 2.75) is 25.7 Å². The highest BCUT2D eigenvalue weighted by Crippen LogP contribution is 2.32. The summed E-state index contributed by atoms with van der Waals surface area (Å²) in [5.41, 5.74) is 1.89. The van der Waals surface area contributed by atoms with E-state index in [-0.39, 0.29) is 11.7 Å². The molecule has 0 aliphatic heterocycles. The summed E-state index contributed by atoms with van der Waals surface area (Å²) in [6.45, 7) is 2.11. The quantitative estimate of drug-likeness (QED) is 0.723. The second kappa shape index (κ2) is 6.90. The maximum Gasteiger partial charge on any atom is 0.163 e. The van der Waals surface area contributed by atoms with E-state index in [1.807, 2.05) is 54.6 Å². The summed E-state index contributed by atoms with van der Waals surface area (Å²) in [4.78, 5) is 12.3. The third-order valence-corrected chi connectivity index (χ3v) is 3.60. The highest BCUT2D eigenvalue weighted by Gasteiger charge is 2.18. The molecular formula is C18H20O2. The lowest BCUT2D eigenvalue weighted by molar-refractivity contribution is 0.0972. The van der Waals surface area contributed by atoms with Gasteiger partial charge in [-0.1, -0.05) is 55.5 Å². The van der Waals surface area contributed by atoms with E-state index in [2.05, 4.69) is 6.92 Å². The molecule has 104 valence electrons. The van der Waals surface area contributed by atoms with Crippen molar-refractivity contribution in [2.24, 2.45) is 0 Å². The molecule has 0 saturated carbocycles. The van der Waals surface area contributed by atoms with E-state index in [1.54, 1.807) is 7.11 Å². The Morgan fingerprint density at radius 3 is 2.35 bits per heavy atom. The van der Waals surface area contributed by atoms with Crippen LogP contribution in [0.3, 0.4) is 0 Å². The van der Waals surface area contributed by atoms with Gasteiger partial charge >= 0.3 is 0 Å². The van der Waals surface area contributed by atoms with E-state index in [0.29, 0.717) is 6.42 Å². The minimum Gasteiger partial charge on any atom is -0.496 e. The van der Waals surface area contributed by atoms with Crippen molar-refractivity contribution in [2.75, 3.05) is 7.11 Å². The minimum atomic E-state index is 0.184. The van der Waals surface area contributed by atoms with E-state index in [9.17, 15) is 4.79 Å². The Kier molecular flexibility index (Phi) is 4.94. The summed E-state index contributed by atoms with van der Waals surface area (Å²) in [6, 6.07) is 17.4. The first-order chi connectivity index (χ1) is 9.76. The first kappa shape index (κ1) is 14.3. The standard InChI is InChI=1S/C18H20O2/c1-3-14(16-11-7-8-12-18(16)20-2)13-17(19)15-9-5-4-6-10-15/h4-12,14H,3,13H2,1-2H3/t14-/m0/s1. The molecule has 2 aromatic rings. The largest absolute Gasteiger partial charge is 0.496 e. The highest BCUT2D eigenvalue weighted by atomic mass is 16.5. The number of carbonyl (C=O) groups is 1. The van der Waals surface area contributed by atoms with Crippen LogP contribution in [-0.4, -0.2) is 12.9 Å². The van der Waals surface area contributed by atoms with E-state index in [0.717, 1.165) is 23.3 Å². The minimum absolute atomic E-state index is 0.184. The first-order valence-corrected chi connectivity index (χ1v) is 6.97. The molecule has 0 amide bonds. The Bertz CT molecular complexity index is 561. The lowest BCUT2D eigenvalue weighted by Gasteiger charge is -2.17. The summed E-state index contributed by atoms with van der Waals surface area (Å²) in [6.07, 6.45) is 1.43. The first-order valence-electron chi connectivity index (χ1n) is 6.97. The topological polar surface area (TPSA) is 26.3 Å². The fourth-order valence-corrected chi connectivity index (χ4v) is 2.44. The van der Waals surface area contributed by atoms with Gasteiger partial charge in [-0.2, -0.15) is 0 Å². The summed E-state index contributed by atoms with van der Waals surface area (Å²) in [5, 5.41) is 0. The fourth-order valence-electron chi connectivity index (χ4n) is 2.44. The van der Waals surface area contributed by atoms with Gasteiger partial charge in [0.1, 0.15) is 5.75 Å². The number of methoxy groups -OCH3 is 1. The molecular weight excluding hydrogens is 248 g/mol. The number of ether oxygens (including phenoxy) is 1. The van der Waals surface area contributed by atoms with Crippen molar-refractivity contribution in [1.82, 2.24) is 0 Å². The fraction of sp³-hybridized carbons (Fsp3) is 0.278. The molecule has 0 aromatic heterocycles. The van der Waals surface area contributed by atoms with Crippen LogP contribution in [0.5, 0.6) is 5.75 Å². The van der Waals surface area contributed by atoms with Crippen LogP contribution in [0.2, 0.25) is 0 Å².